The lowest BCUT2D eigenvalue weighted by Crippen LogP contribution is -2.39. The second kappa shape index (κ2) is 6.37. The normalized spacial score (nSPS) is 13.5. The summed E-state index contributed by atoms with van der Waals surface area (Å²) < 4.78 is 53.2. The van der Waals surface area contributed by atoms with Crippen LogP contribution < -0.4 is 5.32 Å². The van der Waals surface area contributed by atoms with Crippen LogP contribution in [0.3, 0.4) is 0 Å². The molecule has 1 unspecified atom stereocenters. The highest BCUT2D eigenvalue weighted by Gasteiger charge is 2.28. The van der Waals surface area contributed by atoms with E-state index in [0.29, 0.717) is 6.07 Å². The number of hydrogen-bond donors (Lipinski definition) is 2. The average molecular weight is 327 g/mol. The Kier molecular flexibility index (Phi) is 4.70. The number of benzene rings is 2. The van der Waals surface area contributed by atoms with Gasteiger partial charge >= 0.3 is 0 Å². The molecule has 7 heteroatoms. The van der Waals surface area contributed by atoms with Gasteiger partial charge < -0.3 is 10.4 Å². The van der Waals surface area contributed by atoms with Crippen molar-refractivity contribution in [3.05, 3.63) is 70.8 Å². The predicted molar refractivity (Wildman–Crippen MR) is 74.6 cm³/mol. The van der Waals surface area contributed by atoms with Gasteiger partial charge in [-0.1, -0.05) is 12.1 Å². The standard InChI is InChI=1S/C16H13F4NO2/c1-16(23,11-6-5-9(17)7-13(11)19)8-21-15(22)10-3-2-4-12(18)14(10)20/h2-7,23H,8H2,1H3,(H,21,22). The largest absolute Gasteiger partial charge is 0.383 e. The number of nitrogens with one attached hydrogen (secondary N) is 1. The Morgan fingerprint density at radius 2 is 1.83 bits per heavy atom. The number of rotatable bonds is 4. The molecule has 0 spiro atoms. The number of carbonyl (C=O) groups excluding carboxylic acids is 1. The number of carbonyl (C=O) groups is 1. The van der Waals surface area contributed by atoms with Gasteiger partial charge in [-0.3, -0.25) is 4.79 Å². The molecule has 2 N–H and O–H groups in total. The van der Waals surface area contributed by atoms with Gasteiger partial charge in [0.05, 0.1) is 12.1 Å². The molecule has 2 rings (SSSR count). The summed E-state index contributed by atoms with van der Waals surface area (Å²) in [6.45, 7) is 0.718. The molecular weight excluding hydrogens is 314 g/mol. The Hall–Kier alpha value is -2.41. The van der Waals surface area contributed by atoms with Crippen LogP contribution in [0.4, 0.5) is 17.6 Å². The fourth-order valence-electron chi connectivity index (χ4n) is 2.05. The molecule has 0 aromatic heterocycles. The third kappa shape index (κ3) is 3.68. The second-order valence-corrected chi connectivity index (χ2v) is 5.18. The summed E-state index contributed by atoms with van der Waals surface area (Å²) in [4.78, 5) is 11.9. The summed E-state index contributed by atoms with van der Waals surface area (Å²) >= 11 is 0. The van der Waals surface area contributed by atoms with Crippen LogP contribution in [0.5, 0.6) is 0 Å². The second-order valence-electron chi connectivity index (χ2n) is 5.18. The van der Waals surface area contributed by atoms with E-state index in [-0.39, 0.29) is 5.56 Å². The van der Waals surface area contributed by atoms with Crippen LogP contribution in [-0.2, 0) is 5.60 Å². The van der Waals surface area contributed by atoms with E-state index in [1.165, 1.54) is 6.92 Å². The molecule has 0 heterocycles. The molecule has 0 radical (unpaired) electrons. The first-order chi connectivity index (χ1) is 10.7. The predicted octanol–water partition coefficient (Wildman–Crippen LogP) is 2.88. The average Bonchev–Trinajstić information content (AvgIpc) is 2.47. The first kappa shape index (κ1) is 17.0. The van der Waals surface area contributed by atoms with Crippen molar-refractivity contribution in [1.82, 2.24) is 5.32 Å². The molecule has 3 nitrogen and oxygen atoms in total. The molecule has 0 aliphatic rings. The van der Waals surface area contributed by atoms with Crippen molar-refractivity contribution in [2.24, 2.45) is 0 Å². The van der Waals surface area contributed by atoms with Crippen LogP contribution in [0.15, 0.2) is 36.4 Å². The Bertz CT molecular complexity index is 747. The Balaban J connectivity index is 2.15. The molecule has 0 fully saturated rings. The van der Waals surface area contributed by atoms with E-state index < -0.39 is 46.9 Å². The molecule has 0 aliphatic heterocycles. The number of aliphatic hydroxyl groups is 1. The molecule has 1 atom stereocenters. The van der Waals surface area contributed by atoms with Crippen molar-refractivity contribution in [2.75, 3.05) is 6.54 Å². The van der Waals surface area contributed by atoms with Gasteiger partial charge in [-0.2, -0.15) is 0 Å². The highest BCUT2D eigenvalue weighted by atomic mass is 19.2. The third-order valence-electron chi connectivity index (χ3n) is 3.30. The maximum atomic E-state index is 13.7. The third-order valence-corrected chi connectivity index (χ3v) is 3.30. The van der Waals surface area contributed by atoms with Gasteiger partial charge in [-0.05, 0) is 25.1 Å². The van der Waals surface area contributed by atoms with Gasteiger partial charge in [-0.25, -0.2) is 17.6 Å². The van der Waals surface area contributed by atoms with E-state index in [2.05, 4.69) is 5.32 Å². The van der Waals surface area contributed by atoms with Crippen molar-refractivity contribution >= 4 is 5.91 Å². The number of hydrogen-bond acceptors (Lipinski definition) is 2. The van der Waals surface area contributed by atoms with E-state index in [9.17, 15) is 27.5 Å². The van der Waals surface area contributed by atoms with Crippen LogP contribution in [0, 0.1) is 23.3 Å². The highest BCUT2D eigenvalue weighted by molar-refractivity contribution is 5.94. The molecule has 0 bridgehead atoms. The molecule has 2 aromatic carbocycles. The zero-order valence-electron chi connectivity index (χ0n) is 12.0. The highest BCUT2D eigenvalue weighted by Crippen LogP contribution is 2.23. The molecule has 1 amide bonds. The minimum Gasteiger partial charge on any atom is -0.383 e. The van der Waals surface area contributed by atoms with E-state index in [1.54, 1.807) is 0 Å². The van der Waals surface area contributed by atoms with Crippen molar-refractivity contribution in [3.8, 4) is 0 Å². The van der Waals surface area contributed by atoms with Crippen LogP contribution in [0.25, 0.3) is 0 Å². The zero-order valence-corrected chi connectivity index (χ0v) is 12.0. The Labute approximate surface area is 129 Å². The van der Waals surface area contributed by atoms with E-state index >= 15 is 0 Å². The SMILES string of the molecule is CC(O)(CNC(=O)c1cccc(F)c1F)c1ccc(F)cc1F. The van der Waals surface area contributed by atoms with Gasteiger partial charge in [0.2, 0.25) is 0 Å². The summed E-state index contributed by atoms with van der Waals surface area (Å²) in [5.74, 6) is -5.27. The van der Waals surface area contributed by atoms with Gasteiger partial charge in [-0.15, -0.1) is 0 Å². The molecule has 23 heavy (non-hydrogen) atoms. The lowest BCUT2D eigenvalue weighted by atomic mass is 9.95. The van der Waals surface area contributed by atoms with Crippen molar-refractivity contribution in [2.45, 2.75) is 12.5 Å². The van der Waals surface area contributed by atoms with Crippen molar-refractivity contribution in [3.63, 3.8) is 0 Å². The molecular formula is C16H13F4NO2. The molecule has 2 aromatic rings. The van der Waals surface area contributed by atoms with Crippen molar-refractivity contribution in [1.29, 1.82) is 0 Å². The first-order valence-electron chi connectivity index (χ1n) is 6.62. The molecule has 0 saturated heterocycles. The fourth-order valence-corrected chi connectivity index (χ4v) is 2.05. The van der Waals surface area contributed by atoms with Gasteiger partial charge in [0.1, 0.15) is 17.2 Å². The summed E-state index contributed by atoms with van der Waals surface area (Å²) in [5.41, 5.74) is -2.64. The summed E-state index contributed by atoms with van der Waals surface area (Å²) in [6.07, 6.45) is 0. The minimum absolute atomic E-state index is 0.237. The monoisotopic (exact) mass is 327 g/mol. The van der Waals surface area contributed by atoms with Gasteiger partial charge in [0.25, 0.3) is 5.91 Å². The van der Waals surface area contributed by atoms with Crippen molar-refractivity contribution < 1.29 is 27.5 Å². The molecule has 0 aliphatic carbocycles. The lowest BCUT2D eigenvalue weighted by molar-refractivity contribution is 0.0493. The smallest absolute Gasteiger partial charge is 0.254 e. The van der Waals surface area contributed by atoms with Crippen LogP contribution in [-0.4, -0.2) is 17.6 Å². The van der Waals surface area contributed by atoms with E-state index in [1.807, 2.05) is 0 Å². The fraction of sp³-hybridized carbons (Fsp3) is 0.188. The topological polar surface area (TPSA) is 49.3 Å². The van der Waals surface area contributed by atoms with Crippen LogP contribution in [0.2, 0.25) is 0 Å². The maximum Gasteiger partial charge on any atom is 0.254 e. The van der Waals surface area contributed by atoms with Crippen LogP contribution in [0.1, 0.15) is 22.8 Å². The first-order valence-corrected chi connectivity index (χ1v) is 6.62. The van der Waals surface area contributed by atoms with Gasteiger partial charge in [0, 0.05) is 11.6 Å². The zero-order chi connectivity index (χ0) is 17.2. The van der Waals surface area contributed by atoms with Gasteiger partial charge in [0.15, 0.2) is 11.6 Å². The summed E-state index contributed by atoms with van der Waals surface area (Å²) in [7, 11) is 0. The Morgan fingerprint density at radius 3 is 2.48 bits per heavy atom. The minimum atomic E-state index is -1.86. The van der Waals surface area contributed by atoms with E-state index in [0.717, 1.165) is 30.3 Å². The number of halogens is 4. The molecule has 0 saturated carbocycles. The summed E-state index contributed by atoms with van der Waals surface area (Å²) in [5, 5.41) is 12.4. The number of amides is 1. The van der Waals surface area contributed by atoms with Crippen LogP contribution >= 0.6 is 0 Å². The summed E-state index contributed by atoms with van der Waals surface area (Å²) in [6, 6.07) is 5.68. The Morgan fingerprint density at radius 1 is 1.13 bits per heavy atom. The maximum absolute atomic E-state index is 13.7. The quantitative estimate of drug-likeness (QED) is 0.849. The molecule has 122 valence electrons. The lowest BCUT2D eigenvalue weighted by Gasteiger charge is -2.24. The van der Waals surface area contributed by atoms with E-state index in [4.69, 9.17) is 0 Å².